The first kappa shape index (κ1) is 16.0. The first-order valence-electron chi connectivity index (χ1n) is 6.95. The fourth-order valence-corrected chi connectivity index (χ4v) is 1.76. The van der Waals surface area contributed by atoms with Crippen molar-refractivity contribution in [1.29, 1.82) is 0 Å². The van der Waals surface area contributed by atoms with Gasteiger partial charge in [-0.25, -0.2) is 0 Å². The van der Waals surface area contributed by atoms with Gasteiger partial charge in [0.05, 0.1) is 12.3 Å². The minimum atomic E-state index is 0.338. The molecule has 0 aliphatic heterocycles. The molecule has 0 unspecified atom stereocenters. The van der Waals surface area contributed by atoms with Crippen LogP contribution in [-0.2, 0) is 11.3 Å². The first-order chi connectivity index (χ1) is 9.04. The number of methoxy groups -OCH3 is 1. The van der Waals surface area contributed by atoms with Crippen molar-refractivity contribution in [3.8, 4) is 0 Å². The monoisotopic (exact) mass is 269 g/mol. The quantitative estimate of drug-likeness (QED) is 0.745. The zero-order chi connectivity index (χ0) is 14.3. The summed E-state index contributed by atoms with van der Waals surface area (Å²) in [7, 11) is 1.70. The van der Waals surface area contributed by atoms with Crippen molar-refractivity contribution < 1.29 is 9.15 Å². The van der Waals surface area contributed by atoms with Crippen LogP contribution >= 0.6 is 0 Å². The SMILES string of the molecule is COCCN(c1nc(CNCC(C)C)co1)C(C)C. The van der Waals surface area contributed by atoms with Gasteiger partial charge in [0.1, 0.15) is 6.26 Å². The van der Waals surface area contributed by atoms with Gasteiger partial charge in [-0.2, -0.15) is 4.98 Å². The molecule has 5 heteroatoms. The van der Waals surface area contributed by atoms with E-state index in [9.17, 15) is 0 Å². The Bertz CT molecular complexity index is 350. The molecule has 1 heterocycles. The third-order valence-electron chi connectivity index (χ3n) is 2.80. The van der Waals surface area contributed by atoms with E-state index in [1.807, 2.05) is 0 Å². The van der Waals surface area contributed by atoms with Crippen LogP contribution in [0.25, 0.3) is 0 Å². The van der Waals surface area contributed by atoms with Gasteiger partial charge in [-0.15, -0.1) is 0 Å². The Balaban J connectivity index is 2.54. The van der Waals surface area contributed by atoms with Crippen molar-refractivity contribution >= 4 is 6.01 Å². The molecule has 1 rings (SSSR count). The summed E-state index contributed by atoms with van der Waals surface area (Å²) >= 11 is 0. The Morgan fingerprint density at radius 3 is 2.68 bits per heavy atom. The number of nitrogens with one attached hydrogen (secondary N) is 1. The first-order valence-corrected chi connectivity index (χ1v) is 6.95. The largest absolute Gasteiger partial charge is 0.432 e. The molecule has 0 radical (unpaired) electrons. The molecule has 0 amide bonds. The lowest BCUT2D eigenvalue weighted by Gasteiger charge is -2.24. The van der Waals surface area contributed by atoms with E-state index in [1.54, 1.807) is 13.4 Å². The number of hydrogen-bond acceptors (Lipinski definition) is 5. The van der Waals surface area contributed by atoms with Gasteiger partial charge < -0.3 is 19.4 Å². The highest BCUT2D eigenvalue weighted by Gasteiger charge is 2.16. The number of rotatable bonds is 9. The number of ether oxygens (including phenoxy) is 1. The van der Waals surface area contributed by atoms with Crippen LogP contribution in [0.4, 0.5) is 6.01 Å². The van der Waals surface area contributed by atoms with Crippen LogP contribution in [0.2, 0.25) is 0 Å². The van der Waals surface area contributed by atoms with E-state index in [0.29, 0.717) is 24.6 Å². The predicted molar refractivity (Wildman–Crippen MR) is 77.4 cm³/mol. The van der Waals surface area contributed by atoms with Crippen molar-refractivity contribution in [3.63, 3.8) is 0 Å². The molecule has 0 fully saturated rings. The fourth-order valence-electron chi connectivity index (χ4n) is 1.76. The van der Waals surface area contributed by atoms with Crippen LogP contribution in [0.15, 0.2) is 10.7 Å². The highest BCUT2D eigenvalue weighted by Crippen LogP contribution is 2.16. The number of hydrogen-bond donors (Lipinski definition) is 1. The predicted octanol–water partition coefficient (Wildman–Crippen LogP) is 2.28. The average Bonchev–Trinajstić information content (AvgIpc) is 2.77. The smallest absolute Gasteiger partial charge is 0.297 e. The molecule has 110 valence electrons. The van der Waals surface area contributed by atoms with Crippen LogP contribution in [0.3, 0.4) is 0 Å². The molecule has 19 heavy (non-hydrogen) atoms. The Labute approximate surface area is 116 Å². The van der Waals surface area contributed by atoms with Crippen molar-refractivity contribution in [1.82, 2.24) is 10.3 Å². The lowest BCUT2D eigenvalue weighted by Crippen LogP contribution is -2.34. The molecule has 0 aromatic carbocycles. The third-order valence-corrected chi connectivity index (χ3v) is 2.80. The van der Waals surface area contributed by atoms with Gasteiger partial charge in [-0.1, -0.05) is 13.8 Å². The summed E-state index contributed by atoms with van der Waals surface area (Å²) in [5.41, 5.74) is 0.943. The van der Waals surface area contributed by atoms with E-state index in [0.717, 1.165) is 25.3 Å². The lowest BCUT2D eigenvalue weighted by atomic mass is 10.2. The summed E-state index contributed by atoms with van der Waals surface area (Å²) in [6, 6.07) is 1.01. The minimum Gasteiger partial charge on any atom is -0.432 e. The molecule has 0 atom stereocenters. The van der Waals surface area contributed by atoms with Crippen LogP contribution < -0.4 is 10.2 Å². The van der Waals surface area contributed by atoms with Gasteiger partial charge in [-0.05, 0) is 26.3 Å². The van der Waals surface area contributed by atoms with Crippen molar-refractivity contribution in [3.05, 3.63) is 12.0 Å². The van der Waals surface area contributed by atoms with Crippen LogP contribution in [0.1, 0.15) is 33.4 Å². The zero-order valence-electron chi connectivity index (χ0n) is 12.8. The Kier molecular flexibility index (Phi) is 6.87. The highest BCUT2D eigenvalue weighted by atomic mass is 16.5. The van der Waals surface area contributed by atoms with E-state index in [1.165, 1.54) is 0 Å². The molecule has 0 spiro atoms. The Morgan fingerprint density at radius 1 is 1.37 bits per heavy atom. The van der Waals surface area contributed by atoms with Gasteiger partial charge in [0.25, 0.3) is 6.01 Å². The second-order valence-corrected chi connectivity index (χ2v) is 5.43. The van der Waals surface area contributed by atoms with Crippen LogP contribution in [0, 0.1) is 5.92 Å². The summed E-state index contributed by atoms with van der Waals surface area (Å²) in [6.45, 7) is 11.8. The van der Waals surface area contributed by atoms with E-state index >= 15 is 0 Å². The van der Waals surface area contributed by atoms with Gasteiger partial charge in [0, 0.05) is 26.2 Å². The molecular formula is C14H27N3O2. The summed E-state index contributed by atoms with van der Waals surface area (Å²) in [5, 5.41) is 3.36. The zero-order valence-corrected chi connectivity index (χ0v) is 12.8. The van der Waals surface area contributed by atoms with Gasteiger partial charge >= 0.3 is 0 Å². The van der Waals surface area contributed by atoms with Gasteiger partial charge in [0.15, 0.2) is 0 Å². The Morgan fingerprint density at radius 2 is 2.11 bits per heavy atom. The standard InChI is InChI=1S/C14H27N3O2/c1-11(2)8-15-9-13-10-19-14(16-13)17(12(3)4)6-7-18-5/h10-12,15H,6-9H2,1-5H3. The normalized spacial score (nSPS) is 11.5. The molecule has 0 aliphatic rings. The maximum atomic E-state index is 5.56. The second-order valence-electron chi connectivity index (χ2n) is 5.43. The summed E-state index contributed by atoms with van der Waals surface area (Å²) in [4.78, 5) is 6.63. The molecule has 0 saturated carbocycles. The molecule has 1 aromatic rings. The van der Waals surface area contributed by atoms with Gasteiger partial charge in [0.2, 0.25) is 0 Å². The Hall–Kier alpha value is -1.07. The van der Waals surface area contributed by atoms with E-state index in [2.05, 4.69) is 42.9 Å². The van der Waals surface area contributed by atoms with Gasteiger partial charge in [-0.3, -0.25) is 0 Å². The van der Waals surface area contributed by atoms with Crippen LogP contribution in [0.5, 0.6) is 0 Å². The number of nitrogens with zero attached hydrogens (tertiary/aromatic N) is 2. The van der Waals surface area contributed by atoms with Crippen LogP contribution in [-0.4, -0.2) is 37.8 Å². The molecule has 0 bridgehead atoms. The number of aromatic nitrogens is 1. The molecule has 0 aliphatic carbocycles. The minimum absolute atomic E-state index is 0.338. The fraction of sp³-hybridized carbons (Fsp3) is 0.786. The molecular weight excluding hydrogens is 242 g/mol. The summed E-state index contributed by atoms with van der Waals surface area (Å²) < 4.78 is 10.7. The maximum Gasteiger partial charge on any atom is 0.297 e. The van der Waals surface area contributed by atoms with Crippen molar-refractivity contribution in [2.45, 2.75) is 40.3 Å². The van der Waals surface area contributed by atoms with E-state index < -0.39 is 0 Å². The van der Waals surface area contributed by atoms with Crippen molar-refractivity contribution in [2.75, 3.05) is 31.7 Å². The van der Waals surface area contributed by atoms with E-state index in [4.69, 9.17) is 9.15 Å². The molecule has 0 saturated heterocycles. The maximum absolute atomic E-state index is 5.56. The molecule has 5 nitrogen and oxygen atoms in total. The lowest BCUT2D eigenvalue weighted by molar-refractivity contribution is 0.202. The van der Waals surface area contributed by atoms with Crippen molar-refractivity contribution in [2.24, 2.45) is 5.92 Å². The second kappa shape index (κ2) is 8.17. The third kappa shape index (κ3) is 5.61. The highest BCUT2D eigenvalue weighted by molar-refractivity contribution is 5.28. The molecule has 1 aromatic heterocycles. The van der Waals surface area contributed by atoms with E-state index in [-0.39, 0.29) is 0 Å². The topological polar surface area (TPSA) is 50.5 Å². The number of anilines is 1. The number of oxazole rings is 1. The average molecular weight is 269 g/mol. The molecule has 1 N–H and O–H groups in total. The summed E-state index contributed by atoms with van der Waals surface area (Å²) in [6.07, 6.45) is 1.73. The summed E-state index contributed by atoms with van der Waals surface area (Å²) in [5.74, 6) is 0.639.